The zero-order chi connectivity index (χ0) is 10.6. The maximum atomic E-state index is 9.95. The second-order valence-electron chi connectivity index (χ2n) is 3.78. The molecule has 0 fully saturated rings. The molecule has 1 rings (SSSR count). The molecule has 0 spiro atoms. The van der Waals surface area contributed by atoms with Crippen molar-refractivity contribution < 1.29 is 5.11 Å². The second-order valence-corrected chi connectivity index (χ2v) is 3.78. The SMILES string of the molecule is CNCC(C)(O)Cc1cnccc1N. The molecule has 0 radical (unpaired) electrons. The van der Waals surface area contributed by atoms with Gasteiger partial charge in [0.1, 0.15) is 0 Å². The summed E-state index contributed by atoms with van der Waals surface area (Å²) in [5.74, 6) is 0. The molecule has 1 heterocycles. The molecular formula is C10H17N3O. The maximum absolute atomic E-state index is 9.95. The predicted molar refractivity (Wildman–Crippen MR) is 56.9 cm³/mol. The van der Waals surface area contributed by atoms with Gasteiger partial charge in [0.25, 0.3) is 0 Å². The molecule has 0 bridgehead atoms. The number of rotatable bonds is 4. The number of nitrogens with zero attached hydrogens (tertiary/aromatic N) is 1. The van der Waals surface area contributed by atoms with Gasteiger partial charge in [-0.3, -0.25) is 4.98 Å². The number of likely N-dealkylation sites (N-methyl/N-ethyl adjacent to an activating group) is 1. The average molecular weight is 195 g/mol. The zero-order valence-corrected chi connectivity index (χ0v) is 8.62. The lowest BCUT2D eigenvalue weighted by Gasteiger charge is -2.23. The third-order valence-corrected chi connectivity index (χ3v) is 2.07. The Balaban J connectivity index is 2.73. The largest absolute Gasteiger partial charge is 0.398 e. The van der Waals surface area contributed by atoms with Gasteiger partial charge in [0.15, 0.2) is 0 Å². The van der Waals surface area contributed by atoms with Gasteiger partial charge in [0.2, 0.25) is 0 Å². The molecular weight excluding hydrogens is 178 g/mol. The van der Waals surface area contributed by atoms with Gasteiger partial charge in [-0.05, 0) is 25.6 Å². The number of aromatic nitrogens is 1. The summed E-state index contributed by atoms with van der Waals surface area (Å²) in [6.07, 6.45) is 3.85. The summed E-state index contributed by atoms with van der Waals surface area (Å²) in [6.45, 7) is 2.30. The van der Waals surface area contributed by atoms with Crippen LogP contribution in [0.15, 0.2) is 18.5 Å². The van der Waals surface area contributed by atoms with Crippen LogP contribution in [-0.2, 0) is 6.42 Å². The summed E-state index contributed by atoms with van der Waals surface area (Å²) < 4.78 is 0. The summed E-state index contributed by atoms with van der Waals surface area (Å²) in [5, 5.41) is 12.9. The van der Waals surface area contributed by atoms with Gasteiger partial charge in [0.05, 0.1) is 5.60 Å². The van der Waals surface area contributed by atoms with Gasteiger partial charge in [0, 0.05) is 31.0 Å². The number of nitrogen functional groups attached to an aromatic ring is 1. The van der Waals surface area contributed by atoms with Gasteiger partial charge in [-0.2, -0.15) is 0 Å². The predicted octanol–water partition coefficient (Wildman–Crippen LogP) is 0.177. The van der Waals surface area contributed by atoms with Crippen molar-refractivity contribution in [2.45, 2.75) is 18.9 Å². The fourth-order valence-corrected chi connectivity index (χ4v) is 1.44. The summed E-state index contributed by atoms with van der Waals surface area (Å²) in [6, 6.07) is 1.74. The molecule has 0 aliphatic rings. The van der Waals surface area contributed by atoms with Gasteiger partial charge < -0.3 is 16.2 Å². The molecule has 14 heavy (non-hydrogen) atoms. The molecule has 0 aromatic carbocycles. The van der Waals surface area contributed by atoms with Crippen LogP contribution in [0.25, 0.3) is 0 Å². The lowest BCUT2D eigenvalue weighted by molar-refractivity contribution is 0.0623. The molecule has 4 N–H and O–H groups in total. The van der Waals surface area contributed by atoms with Crippen LogP contribution in [0.4, 0.5) is 5.69 Å². The minimum Gasteiger partial charge on any atom is -0.398 e. The smallest absolute Gasteiger partial charge is 0.0784 e. The average Bonchev–Trinajstić information content (AvgIpc) is 2.08. The van der Waals surface area contributed by atoms with Gasteiger partial charge >= 0.3 is 0 Å². The molecule has 0 amide bonds. The Kier molecular flexibility index (Phi) is 3.43. The molecule has 1 aromatic heterocycles. The molecule has 0 aliphatic carbocycles. The maximum Gasteiger partial charge on any atom is 0.0784 e. The fraction of sp³-hybridized carbons (Fsp3) is 0.500. The molecule has 1 aromatic rings. The van der Waals surface area contributed by atoms with Gasteiger partial charge in [-0.15, -0.1) is 0 Å². The van der Waals surface area contributed by atoms with Crippen molar-refractivity contribution in [3.8, 4) is 0 Å². The number of hydrogen-bond donors (Lipinski definition) is 3. The van der Waals surface area contributed by atoms with Crippen LogP contribution in [0.2, 0.25) is 0 Å². The lowest BCUT2D eigenvalue weighted by atomic mass is 9.97. The van der Waals surface area contributed by atoms with Crippen molar-refractivity contribution in [1.82, 2.24) is 10.3 Å². The van der Waals surface area contributed by atoms with Crippen LogP contribution in [0.5, 0.6) is 0 Å². The Bertz CT molecular complexity index is 299. The number of nitrogens with one attached hydrogen (secondary N) is 1. The van der Waals surface area contributed by atoms with E-state index in [0.717, 1.165) is 5.56 Å². The van der Waals surface area contributed by atoms with E-state index in [-0.39, 0.29) is 0 Å². The minimum atomic E-state index is -0.786. The first-order valence-electron chi connectivity index (χ1n) is 4.60. The molecule has 0 aliphatic heterocycles. The summed E-state index contributed by atoms with van der Waals surface area (Å²) in [5.41, 5.74) is 6.53. The van der Waals surface area contributed by atoms with Gasteiger partial charge in [-0.25, -0.2) is 0 Å². The Labute approximate surface area is 84.2 Å². The highest BCUT2D eigenvalue weighted by molar-refractivity contribution is 5.44. The molecule has 1 unspecified atom stereocenters. The van der Waals surface area contributed by atoms with E-state index in [2.05, 4.69) is 10.3 Å². The Morgan fingerprint density at radius 3 is 2.93 bits per heavy atom. The van der Waals surface area contributed by atoms with Crippen LogP contribution in [0.3, 0.4) is 0 Å². The Morgan fingerprint density at radius 1 is 1.64 bits per heavy atom. The van der Waals surface area contributed by atoms with Crippen molar-refractivity contribution in [3.05, 3.63) is 24.0 Å². The number of pyridine rings is 1. The fourth-order valence-electron chi connectivity index (χ4n) is 1.44. The number of hydrogen-bond acceptors (Lipinski definition) is 4. The van der Waals surface area contributed by atoms with Gasteiger partial charge in [-0.1, -0.05) is 0 Å². The highest BCUT2D eigenvalue weighted by Gasteiger charge is 2.20. The summed E-state index contributed by atoms with van der Waals surface area (Å²) in [4.78, 5) is 3.98. The highest BCUT2D eigenvalue weighted by atomic mass is 16.3. The van der Waals surface area contributed by atoms with Crippen molar-refractivity contribution in [3.63, 3.8) is 0 Å². The molecule has 4 heteroatoms. The van der Waals surface area contributed by atoms with E-state index in [0.29, 0.717) is 18.7 Å². The van der Waals surface area contributed by atoms with E-state index < -0.39 is 5.60 Å². The van der Waals surface area contributed by atoms with Crippen LogP contribution < -0.4 is 11.1 Å². The highest BCUT2D eigenvalue weighted by Crippen LogP contribution is 2.16. The van der Waals surface area contributed by atoms with E-state index in [1.165, 1.54) is 0 Å². The Hall–Kier alpha value is -1.13. The Morgan fingerprint density at radius 2 is 2.36 bits per heavy atom. The zero-order valence-electron chi connectivity index (χ0n) is 8.62. The molecule has 0 saturated carbocycles. The van der Waals surface area contributed by atoms with Crippen LogP contribution in [0.1, 0.15) is 12.5 Å². The third kappa shape index (κ3) is 2.97. The third-order valence-electron chi connectivity index (χ3n) is 2.07. The van der Waals surface area contributed by atoms with E-state index in [1.54, 1.807) is 32.4 Å². The standard InChI is InChI=1S/C10H17N3O/c1-10(14,7-12-2)5-8-6-13-4-3-9(8)11/h3-4,6,12,14H,5,7H2,1-2H3,(H2,11,13). The van der Waals surface area contributed by atoms with Crippen molar-refractivity contribution >= 4 is 5.69 Å². The number of aliphatic hydroxyl groups is 1. The van der Waals surface area contributed by atoms with Crippen LogP contribution >= 0.6 is 0 Å². The molecule has 4 nitrogen and oxygen atoms in total. The summed E-state index contributed by atoms with van der Waals surface area (Å²) in [7, 11) is 1.81. The molecule has 0 saturated heterocycles. The monoisotopic (exact) mass is 195 g/mol. The normalized spacial score (nSPS) is 15.1. The quantitative estimate of drug-likeness (QED) is 0.641. The van der Waals surface area contributed by atoms with Crippen molar-refractivity contribution in [2.24, 2.45) is 0 Å². The van der Waals surface area contributed by atoms with Crippen molar-refractivity contribution in [1.29, 1.82) is 0 Å². The van der Waals surface area contributed by atoms with E-state index >= 15 is 0 Å². The summed E-state index contributed by atoms with van der Waals surface area (Å²) >= 11 is 0. The number of anilines is 1. The van der Waals surface area contributed by atoms with Crippen LogP contribution in [0, 0.1) is 0 Å². The lowest BCUT2D eigenvalue weighted by Crippen LogP contribution is -2.38. The first-order chi connectivity index (χ1) is 6.55. The molecule has 1 atom stereocenters. The molecule has 78 valence electrons. The first kappa shape index (κ1) is 10.9. The van der Waals surface area contributed by atoms with E-state index in [4.69, 9.17) is 5.73 Å². The van der Waals surface area contributed by atoms with Crippen LogP contribution in [-0.4, -0.2) is 29.3 Å². The second kappa shape index (κ2) is 4.39. The van der Waals surface area contributed by atoms with E-state index in [9.17, 15) is 5.11 Å². The van der Waals surface area contributed by atoms with Crippen molar-refractivity contribution in [2.75, 3.05) is 19.3 Å². The van der Waals surface area contributed by atoms with E-state index in [1.807, 2.05) is 0 Å². The number of nitrogens with two attached hydrogens (primary N) is 1. The topological polar surface area (TPSA) is 71.2 Å². The minimum absolute atomic E-state index is 0.507. The first-order valence-corrected chi connectivity index (χ1v) is 4.60.